The molecule has 1 N–H and O–H groups in total. The number of hydrogen-bond acceptors (Lipinski definition) is 3. The lowest BCUT2D eigenvalue weighted by atomic mass is 9.96. The van der Waals surface area contributed by atoms with E-state index in [9.17, 15) is 23.1 Å². The van der Waals surface area contributed by atoms with Crippen LogP contribution >= 0.6 is 0 Å². The van der Waals surface area contributed by atoms with Gasteiger partial charge in [-0.15, -0.1) is 0 Å². The number of likely N-dealkylation sites (tertiary alicyclic amines) is 1. The van der Waals surface area contributed by atoms with Gasteiger partial charge in [0.05, 0.1) is 17.7 Å². The van der Waals surface area contributed by atoms with E-state index in [1.807, 2.05) is 6.92 Å². The Labute approximate surface area is 138 Å². The van der Waals surface area contributed by atoms with Crippen molar-refractivity contribution in [2.45, 2.75) is 44.2 Å². The number of halogens is 3. The zero-order valence-corrected chi connectivity index (χ0v) is 13.3. The van der Waals surface area contributed by atoms with Crippen LogP contribution in [0.4, 0.5) is 13.2 Å². The lowest BCUT2D eigenvalue weighted by molar-refractivity contribution is -0.145. The summed E-state index contributed by atoms with van der Waals surface area (Å²) in [5.74, 6) is -0.313. The van der Waals surface area contributed by atoms with Crippen LogP contribution < -0.4 is 0 Å². The minimum atomic E-state index is -4.50. The van der Waals surface area contributed by atoms with E-state index in [4.69, 9.17) is 4.74 Å². The van der Waals surface area contributed by atoms with Crippen molar-refractivity contribution in [3.05, 3.63) is 35.4 Å². The molecular formula is C17H20F3NO3. The second kappa shape index (κ2) is 6.37. The van der Waals surface area contributed by atoms with Gasteiger partial charge in [0, 0.05) is 13.2 Å². The van der Waals surface area contributed by atoms with Gasteiger partial charge in [0.25, 0.3) is 5.91 Å². The van der Waals surface area contributed by atoms with Crippen molar-refractivity contribution in [1.29, 1.82) is 0 Å². The molecule has 7 heteroatoms. The third-order valence-corrected chi connectivity index (χ3v) is 4.82. The Hall–Kier alpha value is -1.60. The van der Waals surface area contributed by atoms with Crippen LogP contribution in [0.5, 0.6) is 0 Å². The number of benzene rings is 1. The van der Waals surface area contributed by atoms with Gasteiger partial charge in [0.2, 0.25) is 0 Å². The molecule has 1 amide bonds. The number of aliphatic hydroxyl groups excluding tert-OH is 1. The second-order valence-corrected chi connectivity index (χ2v) is 6.54. The Kier molecular flexibility index (Phi) is 4.57. The summed E-state index contributed by atoms with van der Waals surface area (Å²) in [5.41, 5.74) is -0.733. The van der Waals surface area contributed by atoms with Crippen molar-refractivity contribution in [2.75, 3.05) is 13.2 Å². The van der Waals surface area contributed by atoms with E-state index in [-0.39, 0.29) is 30.4 Å². The molecule has 4 nitrogen and oxygen atoms in total. The van der Waals surface area contributed by atoms with Crippen molar-refractivity contribution >= 4 is 5.91 Å². The van der Waals surface area contributed by atoms with E-state index in [1.165, 1.54) is 23.1 Å². The Morgan fingerprint density at radius 1 is 1.33 bits per heavy atom. The smallest absolute Gasteiger partial charge is 0.391 e. The summed E-state index contributed by atoms with van der Waals surface area (Å²) < 4.78 is 45.4. The van der Waals surface area contributed by atoms with Crippen molar-refractivity contribution < 1.29 is 27.8 Å². The topological polar surface area (TPSA) is 49.8 Å². The predicted octanol–water partition coefficient (Wildman–Crippen LogP) is 2.76. The maximum atomic E-state index is 13.3. The highest BCUT2D eigenvalue weighted by molar-refractivity contribution is 5.82. The predicted molar refractivity (Wildman–Crippen MR) is 80.0 cm³/mol. The summed E-state index contributed by atoms with van der Waals surface area (Å²) in [6.45, 7) is 2.39. The summed E-state index contributed by atoms with van der Waals surface area (Å²) in [5, 5.41) is 9.97. The Morgan fingerprint density at radius 2 is 2.04 bits per heavy atom. The number of hydrogen-bond donors (Lipinski definition) is 1. The number of aliphatic hydroxyl groups is 1. The van der Waals surface area contributed by atoms with Gasteiger partial charge >= 0.3 is 6.18 Å². The molecule has 1 aromatic rings. The van der Waals surface area contributed by atoms with Crippen LogP contribution in [-0.2, 0) is 15.7 Å². The molecule has 3 rings (SSSR count). The first-order valence-corrected chi connectivity index (χ1v) is 8.05. The third kappa shape index (κ3) is 3.15. The molecule has 2 aliphatic heterocycles. The highest BCUT2D eigenvalue weighted by atomic mass is 19.4. The zero-order valence-electron chi connectivity index (χ0n) is 13.3. The van der Waals surface area contributed by atoms with E-state index < -0.39 is 30.0 Å². The van der Waals surface area contributed by atoms with Crippen LogP contribution in [0, 0.1) is 5.92 Å². The minimum absolute atomic E-state index is 0.0220. The molecule has 1 aromatic carbocycles. The van der Waals surface area contributed by atoms with Gasteiger partial charge in [-0.3, -0.25) is 4.79 Å². The van der Waals surface area contributed by atoms with Crippen molar-refractivity contribution in [3.8, 4) is 0 Å². The SMILES string of the molecule is C[C@@H]1CCO[C@@H]1C(=O)N1C[C@@H](O)C[C@H]1c1ccccc1C(F)(F)F. The van der Waals surface area contributed by atoms with Gasteiger partial charge in [-0.2, -0.15) is 13.2 Å². The fraction of sp³-hybridized carbons (Fsp3) is 0.588. The van der Waals surface area contributed by atoms with Crippen molar-refractivity contribution in [3.63, 3.8) is 0 Å². The summed E-state index contributed by atoms with van der Waals surface area (Å²) in [6, 6.07) is 4.45. The molecular weight excluding hydrogens is 323 g/mol. The fourth-order valence-corrected chi connectivity index (χ4v) is 3.57. The molecule has 24 heavy (non-hydrogen) atoms. The number of ether oxygens (including phenoxy) is 1. The Bertz CT molecular complexity index is 619. The maximum Gasteiger partial charge on any atom is 0.416 e. The number of rotatable bonds is 2. The van der Waals surface area contributed by atoms with Crippen LogP contribution in [0.3, 0.4) is 0 Å². The molecule has 0 saturated carbocycles. The molecule has 132 valence electrons. The van der Waals surface area contributed by atoms with E-state index in [0.29, 0.717) is 6.61 Å². The van der Waals surface area contributed by atoms with Gasteiger partial charge in [-0.1, -0.05) is 25.1 Å². The number of nitrogens with zero attached hydrogens (tertiary/aromatic N) is 1. The van der Waals surface area contributed by atoms with E-state index >= 15 is 0 Å². The molecule has 2 fully saturated rings. The Morgan fingerprint density at radius 3 is 2.67 bits per heavy atom. The highest BCUT2D eigenvalue weighted by Crippen LogP contribution is 2.41. The van der Waals surface area contributed by atoms with Gasteiger partial charge in [0.1, 0.15) is 6.10 Å². The molecule has 2 heterocycles. The van der Waals surface area contributed by atoms with E-state index in [2.05, 4.69) is 0 Å². The standard InChI is InChI=1S/C17H20F3NO3/c1-10-6-7-24-15(10)16(23)21-9-11(22)8-14(21)12-4-2-3-5-13(12)17(18,19)20/h2-5,10-11,14-15,22H,6-9H2,1H3/t10-,11+,14+,15+/m1/s1. The quantitative estimate of drug-likeness (QED) is 0.898. The molecule has 0 aliphatic carbocycles. The summed E-state index contributed by atoms with van der Waals surface area (Å²) in [7, 11) is 0. The van der Waals surface area contributed by atoms with Crippen LogP contribution in [0.2, 0.25) is 0 Å². The van der Waals surface area contributed by atoms with E-state index in [1.54, 1.807) is 0 Å². The largest absolute Gasteiger partial charge is 0.416 e. The molecule has 0 unspecified atom stereocenters. The molecule has 0 spiro atoms. The number of β-amino-alcohol motifs (C(OH)–C–C–N with tert-alkyl or cyclic N) is 1. The summed E-state index contributed by atoms with van der Waals surface area (Å²) in [6.07, 6.45) is -5.14. The molecule has 2 aliphatic rings. The Balaban J connectivity index is 1.93. The normalized spacial score (nSPS) is 30.8. The fourth-order valence-electron chi connectivity index (χ4n) is 3.57. The zero-order chi connectivity index (χ0) is 17.5. The number of alkyl halides is 3. The number of carbonyl (C=O) groups is 1. The second-order valence-electron chi connectivity index (χ2n) is 6.54. The van der Waals surface area contributed by atoms with Gasteiger partial charge in [-0.05, 0) is 30.4 Å². The minimum Gasteiger partial charge on any atom is -0.391 e. The average Bonchev–Trinajstić information content (AvgIpc) is 3.11. The highest BCUT2D eigenvalue weighted by Gasteiger charge is 2.44. The van der Waals surface area contributed by atoms with Gasteiger partial charge in [0.15, 0.2) is 0 Å². The number of amides is 1. The van der Waals surface area contributed by atoms with Crippen LogP contribution in [0.15, 0.2) is 24.3 Å². The lowest BCUT2D eigenvalue weighted by Gasteiger charge is -2.29. The maximum absolute atomic E-state index is 13.3. The molecule has 0 bridgehead atoms. The molecule has 2 saturated heterocycles. The van der Waals surface area contributed by atoms with Gasteiger partial charge < -0.3 is 14.7 Å². The average molecular weight is 343 g/mol. The number of carbonyl (C=O) groups excluding carboxylic acids is 1. The van der Waals surface area contributed by atoms with Crippen molar-refractivity contribution in [1.82, 2.24) is 4.90 Å². The van der Waals surface area contributed by atoms with Crippen LogP contribution in [0.1, 0.15) is 36.9 Å². The summed E-state index contributed by atoms with van der Waals surface area (Å²) in [4.78, 5) is 14.1. The molecule has 4 atom stereocenters. The lowest BCUT2D eigenvalue weighted by Crippen LogP contribution is -2.41. The molecule has 0 radical (unpaired) electrons. The third-order valence-electron chi connectivity index (χ3n) is 4.82. The monoisotopic (exact) mass is 343 g/mol. The van der Waals surface area contributed by atoms with Gasteiger partial charge in [-0.25, -0.2) is 0 Å². The van der Waals surface area contributed by atoms with Crippen LogP contribution in [-0.4, -0.2) is 41.3 Å². The molecule has 0 aromatic heterocycles. The van der Waals surface area contributed by atoms with Crippen LogP contribution in [0.25, 0.3) is 0 Å². The summed E-state index contributed by atoms with van der Waals surface area (Å²) >= 11 is 0. The van der Waals surface area contributed by atoms with Crippen molar-refractivity contribution in [2.24, 2.45) is 5.92 Å². The first-order valence-electron chi connectivity index (χ1n) is 8.05. The van der Waals surface area contributed by atoms with E-state index in [0.717, 1.165) is 12.5 Å². The first-order chi connectivity index (χ1) is 11.3. The first kappa shape index (κ1) is 17.2.